The zero-order valence-electron chi connectivity index (χ0n) is 12.9. The van der Waals surface area contributed by atoms with E-state index in [4.69, 9.17) is 5.73 Å². The quantitative estimate of drug-likeness (QED) is 0.859. The minimum absolute atomic E-state index is 0.0382. The number of hydrogen-bond acceptors (Lipinski definition) is 3. The molecule has 0 aliphatic heterocycles. The minimum atomic E-state index is -0.0861. The van der Waals surface area contributed by atoms with E-state index in [1.165, 1.54) is 5.56 Å². The van der Waals surface area contributed by atoms with E-state index in [1.807, 2.05) is 12.1 Å². The normalized spacial score (nSPS) is 15.1. The standard InChI is InChI=1S/C16H28N2O/c1-6-18(13-10-8-7-9-12(13)2)14(11-19)15(17)16(3,4)5/h7-10,14-15,19H,6,11,17H2,1-5H3. The fourth-order valence-electron chi connectivity index (χ4n) is 2.45. The molecule has 0 aliphatic carbocycles. The van der Waals surface area contributed by atoms with Gasteiger partial charge in [-0.2, -0.15) is 0 Å². The maximum Gasteiger partial charge on any atom is 0.0676 e. The third kappa shape index (κ3) is 3.71. The first kappa shape index (κ1) is 16.0. The maximum atomic E-state index is 9.79. The molecule has 3 nitrogen and oxygen atoms in total. The van der Waals surface area contributed by atoms with Crippen molar-refractivity contribution in [1.29, 1.82) is 0 Å². The number of rotatable bonds is 5. The van der Waals surface area contributed by atoms with E-state index < -0.39 is 0 Å². The van der Waals surface area contributed by atoms with E-state index >= 15 is 0 Å². The molecule has 108 valence electrons. The Morgan fingerprint density at radius 3 is 2.26 bits per heavy atom. The number of nitrogens with zero attached hydrogens (tertiary/aromatic N) is 1. The van der Waals surface area contributed by atoms with Crippen LogP contribution in [0.4, 0.5) is 5.69 Å². The van der Waals surface area contributed by atoms with Crippen LogP contribution >= 0.6 is 0 Å². The van der Waals surface area contributed by atoms with Crippen LogP contribution in [0.2, 0.25) is 0 Å². The van der Waals surface area contributed by atoms with Crippen LogP contribution in [0.1, 0.15) is 33.3 Å². The highest BCUT2D eigenvalue weighted by Gasteiger charge is 2.32. The van der Waals surface area contributed by atoms with Crippen molar-refractivity contribution in [3.05, 3.63) is 29.8 Å². The number of nitrogens with two attached hydrogens (primary N) is 1. The van der Waals surface area contributed by atoms with Crippen molar-refractivity contribution in [2.45, 2.75) is 46.7 Å². The highest BCUT2D eigenvalue weighted by atomic mass is 16.3. The molecule has 0 radical (unpaired) electrons. The summed E-state index contributed by atoms with van der Waals surface area (Å²) in [6.07, 6.45) is 0. The van der Waals surface area contributed by atoms with Gasteiger partial charge in [0.1, 0.15) is 0 Å². The predicted molar refractivity (Wildman–Crippen MR) is 82.5 cm³/mol. The lowest BCUT2D eigenvalue weighted by molar-refractivity contribution is 0.190. The first-order valence-electron chi connectivity index (χ1n) is 7.01. The molecule has 19 heavy (non-hydrogen) atoms. The molecule has 2 unspecified atom stereocenters. The van der Waals surface area contributed by atoms with Crippen molar-refractivity contribution in [2.75, 3.05) is 18.1 Å². The number of anilines is 1. The van der Waals surface area contributed by atoms with Gasteiger partial charge in [-0.25, -0.2) is 0 Å². The summed E-state index contributed by atoms with van der Waals surface area (Å²) < 4.78 is 0. The molecule has 1 aromatic carbocycles. The summed E-state index contributed by atoms with van der Waals surface area (Å²) in [5, 5.41) is 9.79. The van der Waals surface area contributed by atoms with Gasteiger partial charge in [0.25, 0.3) is 0 Å². The smallest absolute Gasteiger partial charge is 0.0676 e. The molecular formula is C16H28N2O. The number of para-hydroxylation sites is 1. The summed E-state index contributed by atoms with van der Waals surface area (Å²) >= 11 is 0. The van der Waals surface area contributed by atoms with Crippen molar-refractivity contribution in [3.8, 4) is 0 Å². The number of benzene rings is 1. The summed E-state index contributed by atoms with van der Waals surface area (Å²) in [4.78, 5) is 2.21. The number of likely N-dealkylation sites (N-methyl/N-ethyl adjacent to an activating group) is 1. The number of aryl methyl sites for hydroxylation is 1. The van der Waals surface area contributed by atoms with Crippen LogP contribution in [-0.4, -0.2) is 30.3 Å². The maximum absolute atomic E-state index is 9.79. The van der Waals surface area contributed by atoms with Gasteiger partial charge in [0, 0.05) is 18.3 Å². The Bertz CT molecular complexity index is 398. The van der Waals surface area contributed by atoms with Crippen molar-refractivity contribution >= 4 is 5.69 Å². The minimum Gasteiger partial charge on any atom is -0.394 e. The summed E-state index contributed by atoms with van der Waals surface area (Å²) in [7, 11) is 0. The molecular weight excluding hydrogens is 236 g/mol. The summed E-state index contributed by atoms with van der Waals surface area (Å²) in [5.74, 6) is 0. The van der Waals surface area contributed by atoms with Gasteiger partial charge in [-0.05, 0) is 30.9 Å². The summed E-state index contributed by atoms with van der Waals surface area (Å²) in [6.45, 7) is 11.4. The molecule has 0 aliphatic rings. The van der Waals surface area contributed by atoms with Crippen LogP contribution in [0.3, 0.4) is 0 Å². The molecule has 0 bridgehead atoms. The van der Waals surface area contributed by atoms with Crippen LogP contribution in [0.15, 0.2) is 24.3 Å². The monoisotopic (exact) mass is 264 g/mol. The highest BCUT2D eigenvalue weighted by Crippen LogP contribution is 2.27. The number of hydrogen-bond donors (Lipinski definition) is 2. The van der Waals surface area contributed by atoms with Crippen molar-refractivity contribution < 1.29 is 5.11 Å². The van der Waals surface area contributed by atoms with E-state index in [1.54, 1.807) is 0 Å². The third-order valence-electron chi connectivity index (χ3n) is 3.77. The van der Waals surface area contributed by atoms with Gasteiger partial charge in [0.15, 0.2) is 0 Å². The summed E-state index contributed by atoms with van der Waals surface area (Å²) in [5.41, 5.74) is 8.70. The summed E-state index contributed by atoms with van der Waals surface area (Å²) in [6, 6.07) is 8.10. The van der Waals surface area contributed by atoms with E-state index in [0.29, 0.717) is 0 Å². The van der Waals surface area contributed by atoms with Gasteiger partial charge in [-0.3, -0.25) is 0 Å². The van der Waals surface area contributed by atoms with Crippen LogP contribution in [0, 0.1) is 12.3 Å². The van der Waals surface area contributed by atoms with E-state index in [-0.39, 0.29) is 24.1 Å². The topological polar surface area (TPSA) is 49.5 Å². The predicted octanol–water partition coefficient (Wildman–Crippen LogP) is 2.56. The zero-order chi connectivity index (χ0) is 14.6. The molecule has 0 aromatic heterocycles. The Hall–Kier alpha value is -1.06. The molecule has 0 heterocycles. The lowest BCUT2D eigenvalue weighted by Gasteiger charge is -2.41. The Kier molecular flexibility index (Phi) is 5.39. The van der Waals surface area contributed by atoms with E-state index in [9.17, 15) is 5.11 Å². The Balaban J connectivity index is 3.10. The number of aliphatic hydroxyl groups is 1. The fourth-order valence-corrected chi connectivity index (χ4v) is 2.45. The first-order chi connectivity index (χ1) is 8.82. The van der Waals surface area contributed by atoms with Gasteiger partial charge in [-0.15, -0.1) is 0 Å². The first-order valence-corrected chi connectivity index (χ1v) is 7.01. The second-order valence-corrected chi connectivity index (χ2v) is 6.21. The van der Waals surface area contributed by atoms with Gasteiger partial charge in [0.2, 0.25) is 0 Å². The molecule has 1 rings (SSSR count). The fraction of sp³-hybridized carbons (Fsp3) is 0.625. The van der Waals surface area contributed by atoms with Crippen molar-refractivity contribution in [3.63, 3.8) is 0 Å². The molecule has 2 atom stereocenters. The molecule has 3 heteroatoms. The Morgan fingerprint density at radius 1 is 1.26 bits per heavy atom. The largest absolute Gasteiger partial charge is 0.394 e. The Morgan fingerprint density at radius 2 is 1.84 bits per heavy atom. The van der Waals surface area contributed by atoms with Crippen LogP contribution in [0.5, 0.6) is 0 Å². The van der Waals surface area contributed by atoms with Gasteiger partial charge >= 0.3 is 0 Å². The van der Waals surface area contributed by atoms with Crippen LogP contribution in [0.25, 0.3) is 0 Å². The molecule has 0 saturated heterocycles. The number of aliphatic hydroxyl groups excluding tert-OH is 1. The molecule has 0 saturated carbocycles. The molecule has 1 aromatic rings. The zero-order valence-corrected chi connectivity index (χ0v) is 12.9. The van der Waals surface area contributed by atoms with Crippen molar-refractivity contribution in [2.24, 2.45) is 11.1 Å². The second-order valence-electron chi connectivity index (χ2n) is 6.21. The lowest BCUT2D eigenvalue weighted by atomic mass is 9.82. The Labute approximate surface area is 117 Å². The van der Waals surface area contributed by atoms with Crippen molar-refractivity contribution in [1.82, 2.24) is 0 Å². The second kappa shape index (κ2) is 6.40. The van der Waals surface area contributed by atoms with Crippen LogP contribution in [-0.2, 0) is 0 Å². The molecule has 0 fully saturated rings. The van der Waals surface area contributed by atoms with Gasteiger partial charge < -0.3 is 15.7 Å². The average molecular weight is 264 g/mol. The molecule has 0 spiro atoms. The van der Waals surface area contributed by atoms with Gasteiger partial charge in [0.05, 0.1) is 12.6 Å². The molecule has 3 N–H and O–H groups in total. The van der Waals surface area contributed by atoms with E-state index in [2.05, 4.69) is 51.7 Å². The SMILES string of the molecule is CCN(c1ccccc1C)C(CO)C(N)C(C)(C)C. The van der Waals surface area contributed by atoms with Gasteiger partial charge in [-0.1, -0.05) is 39.0 Å². The lowest BCUT2D eigenvalue weighted by Crippen LogP contribution is -2.56. The highest BCUT2D eigenvalue weighted by molar-refractivity contribution is 5.54. The van der Waals surface area contributed by atoms with Crippen LogP contribution < -0.4 is 10.6 Å². The third-order valence-corrected chi connectivity index (χ3v) is 3.77. The molecule has 0 amide bonds. The van der Waals surface area contributed by atoms with E-state index in [0.717, 1.165) is 12.2 Å². The average Bonchev–Trinajstić information content (AvgIpc) is 2.35.